The Kier molecular flexibility index (Phi) is 5.71. The molecule has 1 aromatic carbocycles. The minimum Gasteiger partial charge on any atom is -0.410 e. The third-order valence-electron chi connectivity index (χ3n) is 3.46. The molecule has 130 valence electrons. The monoisotopic (exact) mass is 351 g/mol. The molecular weight excluding hydrogens is 330 g/mol. The summed E-state index contributed by atoms with van der Waals surface area (Å²) in [7, 11) is -3.74. The fraction of sp³-hybridized carbons (Fsp3) is 0.438. The molecule has 2 aromatic rings. The van der Waals surface area contributed by atoms with Crippen LogP contribution in [-0.4, -0.2) is 24.5 Å². The zero-order valence-electron chi connectivity index (χ0n) is 13.9. The number of nitrogens with zero attached hydrogens (tertiary/aromatic N) is 2. The van der Waals surface area contributed by atoms with Gasteiger partial charge in [-0.3, -0.25) is 4.79 Å². The lowest BCUT2D eigenvalue weighted by Crippen LogP contribution is -2.31. The first-order valence-corrected chi connectivity index (χ1v) is 9.38. The van der Waals surface area contributed by atoms with Gasteiger partial charge in [0.2, 0.25) is 21.6 Å². The quantitative estimate of drug-likeness (QED) is 0.821. The highest BCUT2D eigenvalue weighted by atomic mass is 32.2. The van der Waals surface area contributed by atoms with E-state index in [4.69, 9.17) is 4.42 Å². The number of rotatable bonds is 7. The summed E-state index contributed by atoms with van der Waals surface area (Å²) in [5.41, 5.74) is 0.636. The van der Waals surface area contributed by atoms with Crippen LogP contribution in [0.3, 0.4) is 0 Å². The lowest BCUT2D eigenvalue weighted by Gasteiger charge is -2.18. The van der Waals surface area contributed by atoms with Gasteiger partial charge in [0.05, 0.1) is 5.75 Å². The van der Waals surface area contributed by atoms with Gasteiger partial charge in [-0.1, -0.05) is 56.2 Å². The molecule has 0 fully saturated rings. The number of carbonyl (C=O) groups excluding carboxylic acids is 1. The molecule has 0 aliphatic heterocycles. The molecule has 8 heteroatoms. The molecule has 0 unspecified atom stereocenters. The largest absolute Gasteiger partial charge is 0.410 e. The summed E-state index contributed by atoms with van der Waals surface area (Å²) >= 11 is 0. The normalized spacial score (nSPS) is 13.0. The third kappa shape index (κ3) is 4.41. The number of amides is 1. The van der Waals surface area contributed by atoms with Crippen LogP contribution in [0.4, 0.5) is 0 Å². The van der Waals surface area contributed by atoms with Crippen molar-refractivity contribution in [3.05, 3.63) is 41.8 Å². The Morgan fingerprint density at radius 3 is 2.46 bits per heavy atom. The number of benzene rings is 1. The highest BCUT2D eigenvalue weighted by molar-refractivity contribution is 7.90. The van der Waals surface area contributed by atoms with Crippen molar-refractivity contribution >= 4 is 15.7 Å². The van der Waals surface area contributed by atoms with Crippen LogP contribution in [0.2, 0.25) is 0 Å². The van der Waals surface area contributed by atoms with Crippen LogP contribution in [-0.2, 0) is 20.4 Å². The second-order valence-corrected chi connectivity index (χ2v) is 7.66. The standard InChI is InChI=1S/C16H21N3O4S/c1-4-13(20)17-14(11(2)3)15-18-19-16(23-15)24(21,22)10-12-8-6-5-7-9-12/h5-9,11,14H,4,10H2,1-3H3,(H,17,20)/t14-/m0/s1. The van der Waals surface area contributed by atoms with Crippen molar-refractivity contribution in [3.8, 4) is 0 Å². The van der Waals surface area contributed by atoms with Crippen LogP contribution in [0.5, 0.6) is 0 Å². The molecule has 0 radical (unpaired) electrons. The number of hydrogen-bond donors (Lipinski definition) is 1. The second-order valence-electron chi connectivity index (χ2n) is 5.79. The highest BCUT2D eigenvalue weighted by Gasteiger charge is 2.28. The molecule has 1 N–H and O–H groups in total. The van der Waals surface area contributed by atoms with Gasteiger partial charge in [-0.25, -0.2) is 8.42 Å². The molecule has 0 saturated heterocycles. The Labute approximate surface area is 141 Å². The fourth-order valence-corrected chi connectivity index (χ4v) is 3.25. The van der Waals surface area contributed by atoms with E-state index >= 15 is 0 Å². The van der Waals surface area contributed by atoms with Crippen LogP contribution >= 0.6 is 0 Å². The predicted octanol–water partition coefficient (Wildman–Crippen LogP) is 2.27. The van der Waals surface area contributed by atoms with Crippen LogP contribution in [0.1, 0.15) is 44.7 Å². The van der Waals surface area contributed by atoms with Gasteiger partial charge in [0.15, 0.2) is 0 Å². The van der Waals surface area contributed by atoms with E-state index in [-0.39, 0.29) is 23.5 Å². The van der Waals surface area contributed by atoms with Crippen LogP contribution in [0.15, 0.2) is 40.0 Å². The van der Waals surface area contributed by atoms with E-state index in [1.807, 2.05) is 19.9 Å². The molecule has 1 aromatic heterocycles. The van der Waals surface area contributed by atoms with E-state index in [1.165, 1.54) is 0 Å². The minimum absolute atomic E-state index is 0.0226. The average molecular weight is 351 g/mol. The molecule has 0 aliphatic rings. The number of hydrogen-bond acceptors (Lipinski definition) is 6. The van der Waals surface area contributed by atoms with Crippen molar-refractivity contribution in [3.63, 3.8) is 0 Å². The smallest absolute Gasteiger partial charge is 0.335 e. The Hall–Kier alpha value is -2.22. The molecular formula is C16H21N3O4S. The first-order valence-electron chi connectivity index (χ1n) is 7.73. The van der Waals surface area contributed by atoms with Crippen LogP contribution < -0.4 is 5.32 Å². The third-order valence-corrected chi connectivity index (χ3v) is 4.87. The molecule has 0 bridgehead atoms. The molecule has 2 rings (SSSR count). The van der Waals surface area contributed by atoms with Crippen molar-refractivity contribution in [2.24, 2.45) is 5.92 Å². The van der Waals surface area contributed by atoms with Gasteiger partial charge in [0.25, 0.3) is 0 Å². The lowest BCUT2D eigenvalue weighted by molar-refractivity contribution is -0.122. The zero-order chi connectivity index (χ0) is 17.7. The SMILES string of the molecule is CCC(=O)N[C@H](c1nnc(S(=O)(=O)Cc2ccccc2)o1)C(C)C. The van der Waals surface area contributed by atoms with E-state index < -0.39 is 21.1 Å². The number of nitrogens with one attached hydrogen (secondary N) is 1. The van der Waals surface area contributed by atoms with Crippen LogP contribution in [0.25, 0.3) is 0 Å². The van der Waals surface area contributed by atoms with E-state index in [9.17, 15) is 13.2 Å². The summed E-state index contributed by atoms with van der Waals surface area (Å²) in [5.74, 6) is -0.312. The maximum atomic E-state index is 12.4. The molecule has 7 nitrogen and oxygen atoms in total. The summed E-state index contributed by atoms with van der Waals surface area (Å²) in [5, 5.41) is 9.82. The van der Waals surface area contributed by atoms with E-state index in [0.717, 1.165) is 0 Å². The number of carbonyl (C=O) groups is 1. The molecule has 0 saturated carbocycles. The number of aromatic nitrogens is 2. The minimum atomic E-state index is -3.74. The van der Waals surface area contributed by atoms with Gasteiger partial charge >= 0.3 is 5.22 Å². The first-order chi connectivity index (χ1) is 11.3. The Bertz CT molecular complexity index is 785. The Morgan fingerprint density at radius 1 is 1.21 bits per heavy atom. The van der Waals surface area contributed by atoms with Gasteiger partial charge in [0.1, 0.15) is 6.04 Å². The first kappa shape index (κ1) is 18.1. The van der Waals surface area contributed by atoms with E-state index in [1.54, 1.807) is 31.2 Å². The van der Waals surface area contributed by atoms with Crippen molar-refractivity contribution < 1.29 is 17.6 Å². The maximum Gasteiger partial charge on any atom is 0.335 e. The average Bonchev–Trinajstić information content (AvgIpc) is 3.03. The molecule has 24 heavy (non-hydrogen) atoms. The van der Waals surface area contributed by atoms with Crippen LogP contribution in [0, 0.1) is 5.92 Å². The molecule has 0 aliphatic carbocycles. The number of sulfone groups is 1. The van der Waals surface area contributed by atoms with Crippen molar-refractivity contribution in [2.75, 3.05) is 0 Å². The fourth-order valence-electron chi connectivity index (χ4n) is 2.12. The summed E-state index contributed by atoms with van der Waals surface area (Å²) in [6, 6.07) is 8.24. The highest BCUT2D eigenvalue weighted by Crippen LogP contribution is 2.23. The van der Waals surface area contributed by atoms with Gasteiger partial charge in [0, 0.05) is 6.42 Å². The van der Waals surface area contributed by atoms with Crippen molar-refractivity contribution in [2.45, 2.75) is 44.2 Å². The van der Waals surface area contributed by atoms with Gasteiger partial charge in [-0.15, -0.1) is 5.10 Å². The Balaban J connectivity index is 2.23. The zero-order valence-corrected chi connectivity index (χ0v) is 14.7. The summed E-state index contributed by atoms with van der Waals surface area (Å²) in [6.45, 7) is 5.49. The summed E-state index contributed by atoms with van der Waals surface area (Å²) < 4.78 is 30.2. The molecule has 1 atom stereocenters. The summed E-state index contributed by atoms with van der Waals surface area (Å²) in [4.78, 5) is 11.6. The topological polar surface area (TPSA) is 102 Å². The van der Waals surface area contributed by atoms with Crippen molar-refractivity contribution in [1.29, 1.82) is 0 Å². The van der Waals surface area contributed by atoms with E-state index in [0.29, 0.717) is 12.0 Å². The van der Waals surface area contributed by atoms with E-state index in [2.05, 4.69) is 15.5 Å². The lowest BCUT2D eigenvalue weighted by atomic mass is 10.0. The van der Waals surface area contributed by atoms with Gasteiger partial charge < -0.3 is 9.73 Å². The molecule has 1 heterocycles. The molecule has 0 spiro atoms. The maximum absolute atomic E-state index is 12.4. The summed E-state index contributed by atoms with van der Waals surface area (Å²) in [6.07, 6.45) is 0.316. The molecule has 1 amide bonds. The van der Waals surface area contributed by atoms with Gasteiger partial charge in [-0.05, 0) is 11.5 Å². The van der Waals surface area contributed by atoms with Crippen molar-refractivity contribution in [1.82, 2.24) is 15.5 Å². The Morgan fingerprint density at radius 2 is 1.88 bits per heavy atom. The second kappa shape index (κ2) is 7.57. The predicted molar refractivity (Wildman–Crippen MR) is 87.6 cm³/mol. The van der Waals surface area contributed by atoms with Gasteiger partial charge in [-0.2, -0.15) is 0 Å².